The number of rotatable bonds is 0. The monoisotopic (exact) mass is 272 g/mol. The molecule has 0 nitrogen and oxygen atoms in total. The molecule has 0 N–H and O–H groups in total. The summed E-state index contributed by atoms with van der Waals surface area (Å²) in [5, 5.41) is 0. The molecule has 0 bridgehead atoms. The third kappa shape index (κ3) is 2.57. The molecule has 0 aromatic heterocycles. The van der Waals surface area contributed by atoms with Crippen molar-refractivity contribution < 1.29 is 0 Å². The minimum Gasteiger partial charge on any atom is -0.0700 e. The minimum atomic E-state index is 0.282. The van der Waals surface area contributed by atoms with Crippen LogP contribution in [-0.4, -0.2) is 0 Å². The molecule has 112 valence electrons. The van der Waals surface area contributed by atoms with Crippen LogP contribution in [0.1, 0.15) is 81.1 Å². The van der Waals surface area contributed by atoms with Crippen LogP contribution in [0.2, 0.25) is 0 Å². The molecule has 0 unspecified atom stereocenters. The highest BCUT2D eigenvalue weighted by molar-refractivity contribution is 5.29. The fourth-order valence-corrected chi connectivity index (χ4v) is 4.38. The zero-order valence-electron chi connectivity index (χ0n) is 14.8. The van der Waals surface area contributed by atoms with Gasteiger partial charge in [-0.25, -0.2) is 0 Å². The molecular weight excluding hydrogens is 240 g/mol. The van der Waals surface area contributed by atoms with Crippen LogP contribution in [0.4, 0.5) is 0 Å². The van der Waals surface area contributed by atoms with Crippen molar-refractivity contribution in [2.24, 2.45) is 21.7 Å². The van der Waals surface area contributed by atoms with E-state index >= 15 is 0 Å². The normalized spacial score (nSPS) is 29.2. The van der Waals surface area contributed by atoms with Gasteiger partial charge in [-0.3, -0.25) is 0 Å². The standard InChI is InChI=1S/C20H32/c1-17(2)11-12-18(3,4)15(17)9-10-16-19(5,6)13-14-20(16,7)8/h11-14H2,1-8H3. The molecule has 0 atom stereocenters. The van der Waals surface area contributed by atoms with Crippen LogP contribution in [0.3, 0.4) is 0 Å². The summed E-state index contributed by atoms with van der Waals surface area (Å²) in [6, 6.07) is 0. The van der Waals surface area contributed by atoms with E-state index in [1.165, 1.54) is 36.8 Å². The highest BCUT2D eigenvalue weighted by Crippen LogP contribution is 2.54. The molecule has 2 aliphatic rings. The average molecular weight is 272 g/mol. The SMILES string of the molecule is CC1(C)CCC(C)(C)C1=C=C=C1C(C)(C)CCC1(C)C. The van der Waals surface area contributed by atoms with Gasteiger partial charge in [-0.2, -0.15) is 0 Å². The van der Waals surface area contributed by atoms with Crippen LogP contribution in [-0.2, 0) is 0 Å². The van der Waals surface area contributed by atoms with Crippen molar-refractivity contribution >= 4 is 0 Å². The van der Waals surface area contributed by atoms with Crippen LogP contribution < -0.4 is 0 Å². The van der Waals surface area contributed by atoms with Gasteiger partial charge in [0.1, 0.15) is 0 Å². The lowest BCUT2D eigenvalue weighted by molar-refractivity contribution is 0.440. The predicted molar refractivity (Wildman–Crippen MR) is 87.6 cm³/mol. The first-order valence-corrected chi connectivity index (χ1v) is 8.16. The Hall–Kier alpha value is -0.700. The lowest BCUT2D eigenvalue weighted by Crippen LogP contribution is -2.16. The lowest BCUT2D eigenvalue weighted by atomic mass is 9.77. The smallest absolute Gasteiger partial charge is 0.00566 e. The third-order valence-electron chi connectivity index (χ3n) is 5.77. The average Bonchev–Trinajstić information content (AvgIpc) is 2.60. The van der Waals surface area contributed by atoms with Crippen LogP contribution in [0.5, 0.6) is 0 Å². The van der Waals surface area contributed by atoms with Crippen molar-refractivity contribution in [2.45, 2.75) is 81.1 Å². The van der Waals surface area contributed by atoms with Gasteiger partial charge in [0.05, 0.1) is 0 Å². The van der Waals surface area contributed by atoms with E-state index in [-0.39, 0.29) is 21.7 Å². The largest absolute Gasteiger partial charge is 0.0700 e. The summed E-state index contributed by atoms with van der Waals surface area (Å²) in [6.45, 7) is 18.9. The molecule has 2 fully saturated rings. The Balaban J connectivity index is 2.65. The Kier molecular flexibility index (Phi) is 3.45. The summed E-state index contributed by atoms with van der Waals surface area (Å²) in [5.41, 5.74) is 11.4. The molecule has 0 aromatic carbocycles. The summed E-state index contributed by atoms with van der Waals surface area (Å²) in [6.07, 6.45) is 5.08. The maximum Gasteiger partial charge on any atom is -0.00566 e. The number of hydrogen-bond acceptors (Lipinski definition) is 0. The Morgan fingerprint density at radius 2 is 0.700 bits per heavy atom. The number of allylic oxidation sites excluding steroid dienone is 2. The highest BCUT2D eigenvalue weighted by Gasteiger charge is 2.43. The summed E-state index contributed by atoms with van der Waals surface area (Å²) >= 11 is 0. The zero-order chi connectivity index (χ0) is 15.4. The van der Waals surface area contributed by atoms with Gasteiger partial charge in [-0.15, -0.1) is 0 Å². The van der Waals surface area contributed by atoms with E-state index in [1.54, 1.807) is 0 Å². The van der Waals surface area contributed by atoms with Gasteiger partial charge in [0, 0.05) is 0 Å². The first-order chi connectivity index (χ1) is 8.89. The topological polar surface area (TPSA) is 0 Å². The molecule has 2 rings (SSSR count). The molecule has 20 heavy (non-hydrogen) atoms. The second kappa shape index (κ2) is 4.40. The van der Waals surface area contributed by atoms with Gasteiger partial charge >= 0.3 is 0 Å². The van der Waals surface area contributed by atoms with Crippen molar-refractivity contribution in [1.82, 2.24) is 0 Å². The Morgan fingerprint density at radius 1 is 0.500 bits per heavy atom. The van der Waals surface area contributed by atoms with E-state index < -0.39 is 0 Å². The van der Waals surface area contributed by atoms with Gasteiger partial charge in [-0.05, 0) is 58.5 Å². The second-order valence-corrected chi connectivity index (χ2v) is 9.54. The van der Waals surface area contributed by atoms with E-state index in [9.17, 15) is 0 Å². The van der Waals surface area contributed by atoms with Gasteiger partial charge in [0.25, 0.3) is 0 Å². The van der Waals surface area contributed by atoms with E-state index in [4.69, 9.17) is 0 Å². The molecule has 0 saturated heterocycles. The van der Waals surface area contributed by atoms with Crippen LogP contribution in [0.25, 0.3) is 0 Å². The summed E-state index contributed by atoms with van der Waals surface area (Å²) < 4.78 is 0. The summed E-state index contributed by atoms with van der Waals surface area (Å²) in [5.74, 6) is 0. The number of hydrogen-bond donors (Lipinski definition) is 0. The molecule has 0 radical (unpaired) electrons. The van der Waals surface area contributed by atoms with E-state index in [0.717, 1.165) is 0 Å². The lowest BCUT2D eigenvalue weighted by Gasteiger charge is -2.26. The maximum atomic E-state index is 3.64. The van der Waals surface area contributed by atoms with Crippen molar-refractivity contribution in [3.63, 3.8) is 0 Å². The van der Waals surface area contributed by atoms with Gasteiger partial charge in [-0.1, -0.05) is 66.9 Å². The first-order valence-electron chi connectivity index (χ1n) is 8.16. The third-order valence-corrected chi connectivity index (χ3v) is 5.77. The van der Waals surface area contributed by atoms with Crippen molar-refractivity contribution in [3.8, 4) is 0 Å². The molecule has 0 heterocycles. The fourth-order valence-electron chi connectivity index (χ4n) is 4.38. The summed E-state index contributed by atoms with van der Waals surface area (Å²) in [7, 11) is 0. The van der Waals surface area contributed by atoms with E-state index in [1.807, 2.05) is 0 Å². The minimum absolute atomic E-state index is 0.282. The molecular formula is C20H32. The van der Waals surface area contributed by atoms with Crippen molar-refractivity contribution in [1.29, 1.82) is 0 Å². The summed E-state index contributed by atoms with van der Waals surface area (Å²) in [4.78, 5) is 0. The Labute approximate surface area is 126 Å². The van der Waals surface area contributed by atoms with E-state index in [0.29, 0.717) is 0 Å². The van der Waals surface area contributed by atoms with Gasteiger partial charge in [0.15, 0.2) is 0 Å². The molecule has 2 saturated carbocycles. The van der Waals surface area contributed by atoms with Crippen LogP contribution >= 0.6 is 0 Å². The molecule has 0 aliphatic heterocycles. The second-order valence-electron chi connectivity index (χ2n) is 9.54. The Bertz CT molecular complexity index is 426. The molecule has 0 aromatic rings. The van der Waals surface area contributed by atoms with Gasteiger partial charge < -0.3 is 0 Å². The molecule has 0 amide bonds. The Morgan fingerprint density at radius 3 is 0.900 bits per heavy atom. The highest BCUT2D eigenvalue weighted by atomic mass is 14.5. The quantitative estimate of drug-likeness (QED) is 0.455. The van der Waals surface area contributed by atoms with Gasteiger partial charge in [0.2, 0.25) is 0 Å². The van der Waals surface area contributed by atoms with Crippen molar-refractivity contribution in [2.75, 3.05) is 0 Å². The molecule has 0 spiro atoms. The van der Waals surface area contributed by atoms with E-state index in [2.05, 4.69) is 66.9 Å². The van der Waals surface area contributed by atoms with Crippen molar-refractivity contribution in [3.05, 3.63) is 22.6 Å². The maximum absolute atomic E-state index is 3.64. The first kappa shape index (κ1) is 15.7. The molecule has 2 aliphatic carbocycles. The van der Waals surface area contributed by atoms with Crippen LogP contribution in [0.15, 0.2) is 22.6 Å². The molecule has 0 heteroatoms. The van der Waals surface area contributed by atoms with Crippen LogP contribution in [0, 0.1) is 21.7 Å². The zero-order valence-corrected chi connectivity index (χ0v) is 14.8. The predicted octanol–water partition coefficient (Wildman–Crippen LogP) is 6.29. The fraction of sp³-hybridized carbons (Fsp3) is 0.800.